The summed E-state index contributed by atoms with van der Waals surface area (Å²) >= 11 is 6.11. The highest BCUT2D eigenvalue weighted by Crippen LogP contribution is 2.23. The van der Waals surface area contributed by atoms with Crippen molar-refractivity contribution < 1.29 is 9.59 Å². The molecule has 4 rings (SSSR count). The maximum atomic E-state index is 13.8. The number of nitrogens with one attached hydrogen (secondary N) is 4. The number of hydrogen-bond donors (Lipinski definition) is 5. The quantitative estimate of drug-likeness (QED) is 0.190. The summed E-state index contributed by atoms with van der Waals surface area (Å²) in [6.45, 7) is 8.55. The van der Waals surface area contributed by atoms with Crippen LogP contribution in [0.4, 0.5) is 0 Å². The Balaban J connectivity index is 1.43. The molecule has 42 heavy (non-hydrogen) atoms. The summed E-state index contributed by atoms with van der Waals surface area (Å²) in [5, 5.41) is 15.8. The van der Waals surface area contributed by atoms with Gasteiger partial charge in [0, 0.05) is 48.2 Å². The van der Waals surface area contributed by atoms with Gasteiger partial charge >= 0.3 is 0 Å². The third-order valence-corrected chi connectivity index (χ3v) is 8.12. The van der Waals surface area contributed by atoms with Crippen molar-refractivity contribution in [2.45, 2.75) is 70.4 Å². The fourth-order valence-corrected chi connectivity index (χ4v) is 5.75. The summed E-state index contributed by atoms with van der Waals surface area (Å²) in [6, 6.07) is 21.5. The molecule has 0 aromatic heterocycles. The van der Waals surface area contributed by atoms with Crippen molar-refractivity contribution in [3.8, 4) is 0 Å². The lowest BCUT2D eigenvalue weighted by atomic mass is 9.95. The summed E-state index contributed by atoms with van der Waals surface area (Å²) in [5.41, 5.74) is 7.99. The molecule has 1 aliphatic rings. The van der Waals surface area contributed by atoms with E-state index in [1.54, 1.807) is 0 Å². The van der Waals surface area contributed by atoms with Gasteiger partial charge in [0.15, 0.2) is 0 Å². The maximum absolute atomic E-state index is 13.8. The molecule has 226 valence electrons. The van der Waals surface area contributed by atoms with Crippen molar-refractivity contribution in [3.63, 3.8) is 0 Å². The number of hydrogen-bond acceptors (Lipinski definition) is 6. The van der Waals surface area contributed by atoms with Gasteiger partial charge in [0.1, 0.15) is 6.29 Å². The predicted octanol–water partition coefficient (Wildman–Crippen LogP) is 4.20. The number of carbonyl (C=O) groups excluding carboxylic acids is 2. The van der Waals surface area contributed by atoms with Crippen LogP contribution in [0.5, 0.6) is 0 Å². The molecule has 8 nitrogen and oxygen atoms in total. The minimum atomic E-state index is -0.383. The van der Waals surface area contributed by atoms with Crippen LogP contribution in [0, 0.1) is 0 Å². The molecule has 3 aromatic carbocycles. The van der Waals surface area contributed by atoms with Gasteiger partial charge in [-0.15, -0.1) is 0 Å². The Kier molecular flexibility index (Phi) is 11.7. The summed E-state index contributed by atoms with van der Waals surface area (Å²) in [6.07, 6.45) is 1.92. The zero-order valence-corrected chi connectivity index (χ0v) is 25.7. The monoisotopic (exact) mass is 592 g/mol. The van der Waals surface area contributed by atoms with Crippen LogP contribution in [0.2, 0.25) is 5.02 Å². The van der Waals surface area contributed by atoms with Gasteiger partial charge in [-0.1, -0.05) is 61.0 Å². The smallest absolute Gasteiger partial charge is 0.251 e. The molecule has 3 aromatic rings. The van der Waals surface area contributed by atoms with E-state index in [9.17, 15) is 9.59 Å². The summed E-state index contributed by atoms with van der Waals surface area (Å²) in [5.74, 6) is 0.218. The predicted molar refractivity (Wildman–Crippen MR) is 172 cm³/mol. The molecule has 1 unspecified atom stereocenters. The van der Waals surface area contributed by atoms with Gasteiger partial charge in [-0.2, -0.15) is 0 Å². The van der Waals surface area contributed by atoms with E-state index in [0.717, 1.165) is 23.6 Å². The maximum Gasteiger partial charge on any atom is 0.251 e. The molecule has 0 spiro atoms. The number of nitrogens with two attached hydrogens (primary N) is 1. The van der Waals surface area contributed by atoms with Gasteiger partial charge in [-0.25, -0.2) is 0 Å². The Bertz CT molecular complexity index is 1320. The summed E-state index contributed by atoms with van der Waals surface area (Å²) in [4.78, 5) is 28.9. The van der Waals surface area contributed by atoms with Crippen LogP contribution in [0.1, 0.15) is 61.9 Å². The van der Waals surface area contributed by atoms with Gasteiger partial charge in [0.2, 0.25) is 5.91 Å². The van der Waals surface area contributed by atoms with Gasteiger partial charge in [-0.3, -0.25) is 20.2 Å². The van der Waals surface area contributed by atoms with Crippen LogP contribution in [-0.4, -0.2) is 67.3 Å². The SMILES string of the molecule is CC[C@H](CN1CC[C@@H](CNC(=O)c2ccc3cc(Cl)ccc3c2)N[C@@H](CCNC(N)NC(C)C)C1=O)c1ccccc1. The summed E-state index contributed by atoms with van der Waals surface area (Å²) in [7, 11) is 0. The largest absolute Gasteiger partial charge is 0.350 e. The zero-order chi connectivity index (χ0) is 30.1. The van der Waals surface area contributed by atoms with Gasteiger partial charge in [0.05, 0.1) is 6.04 Å². The molecule has 1 saturated heterocycles. The third-order valence-electron chi connectivity index (χ3n) is 7.88. The van der Waals surface area contributed by atoms with Crippen molar-refractivity contribution >= 4 is 34.2 Å². The molecule has 2 amide bonds. The molecule has 6 N–H and O–H groups in total. The second-order valence-corrected chi connectivity index (χ2v) is 11.9. The lowest BCUT2D eigenvalue weighted by molar-refractivity contribution is -0.133. The molecule has 1 aliphatic heterocycles. The average molecular weight is 593 g/mol. The zero-order valence-electron chi connectivity index (χ0n) is 24.9. The highest BCUT2D eigenvalue weighted by atomic mass is 35.5. The standard InChI is InChI=1S/C33H45ClN6O2/c1-4-23(24-8-6-5-7-9-24)21-40-17-15-29(39-30(32(40)42)14-16-36-33(35)38-22(2)3)20-37-31(41)27-11-10-26-19-28(34)13-12-25(26)18-27/h5-13,18-19,22-23,29-30,33,36,38-39H,4,14-17,20-21,35H2,1-3H3,(H,37,41)/t23-,29+,30+,33?/m1/s1. The number of carbonyl (C=O) groups is 2. The first kappa shape index (κ1) is 31.9. The van der Waals surface area contributed by atoms with Crippen LogP contribution in [-0.2, 0) is 4.79 Å². The minimum absolute atomic E-state index is 0.0496. The van der Waals surface area contributed by atoms with E-state index in [1.807, 2.05) is 61.2 Å². The average Bonchev–Trinajstić information content (AvgIpc) is 3.12. The second-order valence-electron chi connectivity index (χ2n) is 11.5. The van der Waals surface area contributed by atoms with E-state index < -0.39 is 0 Å². The minimum Gasteiger partial charge on any atom is -0.350 e. The first-order valence-corrected chi connectivity index (χ1v) is 15.4. The van der Waals surface area contributed by atoms with Crippen molar-refractivity contribution in [1.29, 1.82) is 0 Å². The van der Waals surface area contributed by atoms with Crippen LogP contribution in [0.25, 0.3) is 10.8 Å². The Labute approximate surface area is 254 Å². The van der Waals surface area contributed by atoms with E-state index in [4.69, 9.17) is 17.3 Å². The second kappa shape index (κ2) is 15.5. The molecule has 1 fully saturated rings. The van der Waals surface area contributed by atoms with Crippen molar-refractivity contribution in [3.05, 3.63) is 82.9 Å². The number of benzene rings is 3. The first-order valence-electron chi connectivity index (χ1n) is 15.1. The molecule has 1 heterocycles. The fourth-order valence-electron chi connectivity index (χ4n) is 5.57. The van der Waals surface area contributed by atoms with E-state index in [2.05, 4.69) is 52.5 Å². The van der Waals surface area contributed by atoms with Crippen LogP contribution in [0.3, 0.4) is 0 Å². The number of halogens is 1. The highest BCUT2D eigenvalue weighted by molar-refractivity contribution is 6.31. The van der Waals surface area contributed by atoms with E-state index in [1.165, 1.54) is 5.56 Å². The van der Waals surface area contributed by atoms with Crippen molar-refractivity contribution in [2.24, 2.45) is 5.73 Å². The summed E-state index contributed by atoms with van der Waals surface area (Å²) < 4.78 is 0. The fraction of sp³-hybridized carbons (Fsp3) is 0.455. The topological polar surface area (TPSA) is 112 Å². The molecule has 0 bridgehead atoms. The molecule has 0 saturated carbocycles. The number of fused-ring (bicyclic) bond motifs is 1. The number of nitrogens with zero attached hydrogens (tertiary/aromatic N) is 1. The Morgan fingerprint density at radius 1 is 1.10 bits per heavy atom. The molecular weight excluding hydrogens is 548 g/mol. The lowest BCUT2D eigenvalue weighted by Gasteiger charge is -2.29. The van der Waals surface area contributed by atoms with Crippen molar-refractivity contribution in [2.75, 3.05) is 26.2 Å². The Morgan fingerprint density at radius 3 is 2.57 bits per heavy atom. The lowest BCUT2D eigenvalue weighted by Crippen LogP contribution is -2.54. The van der Waals surface area contributed by atoms with E-state index in [0.29, 0.717) is 43.2 Å². The molecular formula is C33H45ClN6O2. The van der Waals surface area contributed by atoms with E-state index in [-0.39, 0.29) is 42.1 Å². The highest BCUT2D eigenvalue weighted by Gasteiger charge is 2.32. The number of rotatable bonds is 13. The molecule has 0 aliphatic carbocycles. The van der Waals surface area contributed by atoms with Gasteiger partial charge in [-0.05, 0) is 80.3 Å². The van der Waals surface area contributed by atoms with Gasteiger partial charge < -0.3 is 21.3 Å². The van der Waals surface area contributed by atoms with E-state index >= 15 is 0 Å². The Hall–Kier alpha value is -3.01. The molecule has 0 radical (unpaired) electrons. The Morgan fingerprint density at radius 2 is 1.83 bits per heavy atom. The van der Waals surface area contributed by atoms with Gasteiger partial charge in [0.25, 0.3) is 5.91 Å². The molecule has 9 heteroatoms. The van der Waals surface area contributed by atoms with Crippen LogP contribution < -0.4 is 27.0 Å². The molecule has 4 atom stereocenters. The normalized spacial score (nSPS) is 19.1. The van der Waals surface area contributed by atoms with Crippen LogP contribution in [0.15, 0.2) is 66.7 Å². The number of amides is 2. The first-order chi connectivity index (χ1) is 20.2. The van der Waals surface area contributed by atoms with Crippen LogP contribution >= 0.6 is 11.6 Å². The third kappa shape index (κ3) is 8.99. The van der Waals surface area contributed by atoms with Crippen molar-refractivity contribution in [1.82, 2.24) is 26.2 Å².